The lowest BCUT2D eigenvalue weighted by Gasteiger charge is -2.26. The third-order valence-electron chi connectivity index (χ3n) is 3.28. The minimum atomic E-state index is -0.802. The molecule has 0 atom stereocenters. The van der Waals surface area contributed by atoms with Crippen LogP contribution in [0.3, 0.4) is 0 Å². The van der Waals surface area contributed by atoms with E-state index in [0.29, 0.717) is 19.6 Å². The van der Waals surface area contributed by atoms with Gasteiger partial charge in [-0.05, 0) is 24.1 Å². The summed E-state index contributed by atoms with van der Waals surface area (Å²) in [6.45, 7) is 6.35. The van der Waals surface area contributed by atoms with E-state index in [0.717, 1.165) is 44.4 Å². The van der Waals surface area contributed by atoms with E-state index in [1.165, 1.54) is 6.07 Å². The van der Waals surface area contributed by atoms with Gasteiger partial charge >= 0.3 is 0 Å². The number of nitrogens with one attached hydrogen (secondary N) is 1. The number of nitrogens with zero attached hydrogens (tertiary/aromatic N) is 1. The Balaban J connectivity index is 1.59. The molecule has 5 heteroatoms. The number of hydrogen-bond donors (Lipinski definition) is 1. The monoisotopic (exact) mass is 270 g/mol. The highest BCUT2D eigenvalue weighted by Gasteiger charge is 2.08. The average molecular weight is 270 g/mol. The summed E-state index contributed by atoms with van der Waals surface area (Å²) < 4.78 is 31.2. The number of rotatable bonds is 6. The van der Waals surface area contributed by atoms with Gasteiger partial charge in [-0.2, -0.15) is 0 Å². The summed E-state index contributed by atoms with van der Waals surface area (Å²) >= 11 is 0. The lowest BCUT2D eigenvalue weighted by atomic mass is 10.1. The Bertz CT molecular complexity index is 395. The molecule has 0 saturated carbocycles. The number of benzene rings is 1. The highest BCUT2D eigenvalue weighted by molar-refractivity contribution is 5.17. The van der Waals surface area contributed by atoms with Crippen LogP contribution in [-0.2, 0) is 11.2 Å². The zero-order chi connectivity index (χ0) is 13.5. The highest BCUT2D eigenvalue weighted by Crippen LogP contribution is 2.09. The first-order valence-corrected chi connectivity index (χ1v) is 6.70. The first kappa shape index (κ1) is 14.4. The van der Waals surface area contributed by atoms with Crippen LogP contribution in [0, 0.1) is 11.6 Å². The molecule has 1 aliphatic rings. The number of piperazine rings is 1. The maximum absolute atomic E-state index is 13.0. The second-order valence-electron chi connectivity index (χ2n) is 4.70. The normalized spacial score (nSPS) is 16.7. The van der Waals surface area contributed by atoms with Gasteiger partial charge in [-0.15, -0.1) is 0 Å². The summed E-state index contributed by atoms with van der Waals surface area (Å²) in [5.74, 6) is -1.60. The van der Waals surface area contributed by atoms with E-state index in [-0.39, 0.29) is 0 Å². The predicted molar refractivity (Wildman–Crippen MR) is 70.2 cm³/mol. The van der Waals surface area contributed by atoms with Gasteiger partial charge in [0, 0.05) is 32.7 Å². The van der Waals surface area contributed by atoms with Gasteiger partial charge in [0.15, 0.2) is 11.6 Å². The van der Waals surface area contributed by atoms with Crippen molar-refractivity contribution in [3.63, 3.8) is 0 Å². The minimum Gasteiger partial charge on any atom is -0.380 e. The molecule has 19 heavy (non-hydrogen) atoms. The van der Waals surface area contributed by atoms with Crippen molar-refractivity contribution in [2.45, 2.75) is 6.42 Å². The molecule has 106 valence electrons. The summed E-state index contributed by atoms with van der Waals surface area (Å²) in [7, 11) is 0. The quantitative estimate of drug-likeness (QED) is 0.791. The van der Waals surface area contributed by atoms with E-state index >= 15 is 0 Å². The largest absolute Gasteiger partial charge is 0.380 e. The van der Waals surface area contributed by atoms with Gasteiger partial charge < -0.3 is 10.1 Å². The molecule has 1 aliphatic heterocycles. The van der Waals surface area contributed by atoms with Crippen LogP contribution in [0.5, 0.6) is 0 Å². The van der Waals surface area contributed by atoms with Crippen LogP contribution in [0.1, 0.15) is 5.56 Å². The van der Waals surface area contributed by atoms with Gasteiger partial charge in [-0.3, -0.25) is 4.90 Å². The zero-order valence-electron chi connectivity index (χ0n) is 11.0. The van der Waals surface area contributed by atoms with Crippen molar-refractivity contribution in [2.75, 3.05) is 45.9 Å². The summed E-state index contributed by atoms with van der Waals surface area (Å²) in [5.41, 5.74) is 0.765. The van der Waals surface area contributed by atoms with Crippen LogP contribution in [0.4, 0.5) is 8.78 Å². The molecule has 0 radical (unpaired) electrons. The number of ether oxygens (including phenoxy) is 1. The summed E-state index contributed by atoms with van der Waals surface area (Å²) in [4.78, 5) is 2.36. The fraction of sp³-hybridized carbons (Fsp3) is 0.571. The molecule has 1 fully saturated rings. The van der Waals surface area contributed by atoms with Crippen molar-refractivity contribution in [1.29, 1.82) is 0 Å². The zero-order valence-corrected chi connectivity index (χ0v) is 11.0. The van der Waals surface area contributed by atoms with E-state index in [1.54, 1.807) is 6.07 Å². The topological polar surface area (TPSA) is 24.5 Å². The summed E-state index contributed by atoms with van der Waals surface area (Å²) in [5, 5.41) is 3.30. The number of halogens is 2. The fourth-order valence-corrected chi connectivity index (χ4v) is 2.12. The van der Waals surface area contributed by atoms with Crippen LogP contribution in [0.2, 0.25) is 0 Å². The Hall–Kier alpha value is -1.04. The lowest BCUT2D eigenvalue weighted by Crippen LogP contribution is -2.44. The standard InChI is InChI=1S/C14H20F2N2O/c15-13-2-1-12(11-14(13)16)3-9-19-10-8-18-6-4-17-5-7-18/h1-2,11,17H,3-10H2. The van der Waals surface area contributed by atoms with Crippen LogP contribution in [0.25, 0.3) is 0 Å². The van der Waals surface area contributed by atoms with Crippen LogP contribution in [-0.4, -0.2) is 50.8 Å². The molecule has 1 aromatic rings. The van der Waals surface area contributed by atoms with Crippen molar-refractivity contribution in [1.82, 2.24) is 10.2 Å². The van der Waals surface area contributed by atoms with Crippen molar-refractivity contribution in [3.05, 3.63) is 35.4 Å². The molecule has 1 saturated heterocycles. The Morgan fingerprint density at radius 2 is 1.89 bits per heavy atom. The van der Waals surface area contributed by atoms with Crippen molar-refractivity contribution in [3.8, 4) is 0 Å². The van der Waals surface area contributed by atoms with E-state index in [1.807, 2.05) is 0 Å². The SMILES string of the molecule is Fc1ccc(CCOCCN2CCNCC2)cc1F. The van der Waals surface area contributed by atoms with Crippen molar-refractivity contribution >= 4 is 0 Å². The third-order valence-corrected chi connectivity index (χ3v) is 3.28. The fourth-order valence-electron chi connectivity index (χ4n) is 2.12. The smallest absolute Gasteiger partial charge is 0.159 e. The first-order valence-electron chi connectivity index (χ1n) is 6.70. The van der Waals surface area contributed by atoms with E-state index in [9.17, 15) is 8.78 Å². The van der Waals surface area contributed by atoms with Crippen LogP contribution >= 0.6 is 0 Å². The Morgan fingerprint density at radius 3 is 2.63 bits per heavy atom. The molecule has 3 nitrogen and oxygen atoms in total. The van der Waals surface area contributed by atoms with Crippen molar-refractivity contribution < 1.29 is 13.5 Å². The van der Waals surface area contributed by atoms with Gasteiger partial charge in [-0.1, -0.05) is 6.07 Å². The van der Waals surface area contributed by atoms with Gasteiger partial charge in [0.1, 0.15) is 0 Å². The Morgan fingerprint density at radius 1 is 1.11 bits per heavy atom. The molecular formula is C14H20F2N2O. The average Bonchev–Trinajstić information content (AvgIpc) is 2.43. The molecule has 0 aliphatic carbocycles. The number of hydrogen-bond acceptors (Lipinski definition) is 3. The predicted octanol–water partition coefficient (Wildman–Crippen LogP) is 1.43. The molecule has 0 spiro atoms. The Labute approximate surface area is 112 Å². The first-order chi connectivity index (χ1) is 9.25. The highest BCUT2D eigenvalue weighted by atomic mass is 19.2. The summed E-state index contributed by atoms with van der Waals surface area (Å²) in [6.07, 6.45) is 0.610. The van der Waals surface area contributed by atoms with E-state index in [2.05, 4.69) is 10.2 Å². The molecule has 1 aromatic carbocycles. The van der Waals surface area contributed by atoms with Gasteiger partial charge in [0.2, 0.25) is 0 Å². The van der Waals surface area contributed by atoms with Crippen LogP contribution < -0.4 is 5.32 Å². The molecule has 1 N–H and O–H groups in total. The van der Waals surface area contributed by atoms with E-state index < -0.39 is 11.6 Å². The third kappa shape index (κ3) is 4.86. The maximum atomic E-state index is 13.0. The molecule has 0 amide bonds. The molecular weight excluding hydrogens is 250 g/mol. The van der Waals surface area contributed by atoms with E-state index in [4.69, 9.17) is 4.74 Å². The Kier molecular flexibility index (Phi) is 5.69. The maximum Gasteiger partial charge on any atom is 0.159 e. The van der Waals surface area contributed by atoms with Gasteiger partial charge in [0.05, 0.1) is 13.2 Å². The van der Waals surface area contributed by atoms with Gasteiger partial charge in [-0.25, -0.2) is 8.78 Å². The molecule has 1 heterocycles. The summed E-state index contributed by atoms with van der Waals surface area (Å²) in [6, 6.07) is 3.98. The molecule has 0 aromatic heterocycles. The molecule has 0 unspecified atom stereocenters. The second kappa shape index (κ2) is 7.53. The van der Waals surface area contributed by atoms with Gasteiger partial charge in [0.25, 0.3) is 0 Å². The van der Waals surface area contributed by atoms with Crippen molar-refractivity contribution in [2.24, 2.45) is 0 Å². The lowest BCUT2D eigenvalue weighted by molar-refractivity contribution is 0.101. The molecule has 0 bridgehead atoms. The molecule has 2 rings (SSSR count). The minimum absolute atomic E-state index is 0.539. The van der Waals surface area contributed by atoms with Crippen LogP contribution in [0.15, 0.2) is 18.2 Å². The second-order valence-corrected chi connectivity index (χ2v) is 4.70.